The Bertz CT molecular complexity index is 764. The third-order valence-corrected chi connectivity index (χ3v) is 3.49. The van der Waals surface area contributed by atoms with Crippen molar-refractivity contribution in [1.29, 1.82) is 0 Å². The smallest absolute Gasteiger partial charge is 0.251 e. The number of amides is 1. The van der Waals surface area contributed by atoms with Gasteiger partial charge >= 0.3 is 0 Å². The number of rotatable bonds is 4. The van der Waals surface area contributed by atoms with Gasteiger partial charge in [0.05, 0.1) is 0 Å². The van der Waals surface area contributed by atoms with E-state index in [2.05, 4.69) is 10.5 Å². The summed E-state index contributed by atoms with van der Waals surface area (Å²) in [6, 6.07) is 18.9. The average molecular weight is 292 g/mol. The van der Waals surface area contributed by atoms with Crippen molar-refractivity contribution in [2.24, 2.45) is 0 Å². The molecule has 22 heavy (non-hydrogen) atoms. The Morgan fingerprint density at radius 3 is 2.36 bits per heavy atom. The maximum absolute atomic E-state index is 12.1. The van der Waals surface area contributed by atoms with Gasteiger partial charge in [0.2, 0.25) is 0 Å². The number of carbonyl (C=O) groups is 1. The Balaban J connectivity index is 1.79. The van der Waals surface area contributed by atoms with Crippen LogP contribution < -0.4 is 5.32 Å². The van der Waals surface area contributed by atoms with E-state index in [9.17, 15) is 4.79 Å². The van der Waals surface area contributed by atoms with Gasteiger partial charge in [-0.05, 0) is 19.1 Å². The summed E-state index contributed by atoms with van der Waals surface area (Å²) in [5.74, 6) is 0.604. The van der Waals surface area contributed by atoms with Gasteiger partial charge in [0.25, 0.3) is 5.91 Å². The molecule has 0 aliphatic rings. The van der Waals surface area contributed by atoms with E-state index in [0.29, 0.717) is 17.9 Å². The zero-order valence-corrected chi connectivity index (χ0v) is 12.2. The van der Waals surface area contributed by atoms with Crippen molar-refractivity contribution in [1.82, 2.24) is 10.5 Å². The third kappa shape index (κ3) is 2.91. The molecule has 1 heterocycles. The van der Waals surface area contributed by atoms with Crippen LogP contribution in [0.5, 0.6) is 0 Å². The Kier molecular flexibility index (Phi) is 4.01. The van der Waals surface area contributed by atoms with E-state index in [0.717, 1.165) is 16.8 Å². The number of hydrogen-bond acceptors (Lipinski definition) is 3. The zero-order chi connectivity index (χ0) is 15.4. The molecule has 0 aliphatic carbocycles. The van der Waals surface area contributed by atoms with Gasteiger partial charge in [-0.15, -0.1) is 0 Å². The van der Waals surface area contributed by atoms with Gasteiger partial charge in [0, 0.05) is 23.2 Å². The molecule has 3 aromatic rings. The lowest BCUT2D eigenvalue weighted by molar-refractivity contribution is 0.0951. The van der Waals surface area contributed by atoms with Crippen LogP contribution in [0.1, 0.15) is 21.7 Å². The Hall–Kier alpha value is -2.88. The maximum Gasteiger partial charge on any atom is 0.251 e. The molecule has 0 atom stereocenters. The normalized spacial score (nSPS) is 10.4. The Morgan fingerprint density at radius 1 is 1.05 bits per heavy atom. The van der Waals surface area contributed by atoms with Gasteiger partial charge in [-0.25, -0.2) is 0 Å². The van der Waals surface area contributed by atoms with Crippen molar-refractivity contribution >= 4 is 5.91 Å². The molecule has 4 heteroatoms. The molecule has 0 aliphatic heterocycles. The number of carbonyl (C=O) groups excluding carboxylic acids is 1. The molecule has 0 spiro atoms. The first kappa shape index (κ1) is 14.1. The van der Waals surface area contributed by atoms with Crippen LogP contribution in [-0.2, 0) is 6.54 Å². The predicted octanol–water partition coefficient (Wildman–Crippen LogP) is 3.58. The lowest BCUT2D eigenvalue weighted by Crippen LogP contribution is -2.23. The van der Waals surface area contributed by atoms with Crippen molar-refractivity contribution in [2.45, 2.75) is 13.5 Å². The van der Waals surface area contributed by atoms with Crippen molar-refractivity contribution in [2.75, 3.05) is 0 Å². The number of nitrogens with zero attached hydrogens (tertiary/aromatic N) is 1. The minimum absolute atomic E-state index is 0.111. The molecular weight excluding hydrogens is 276 g/mol. The summed E-state index contributed by atoms with van der Waals surface area (Å²) in [6.45, 7) is 2.23. The van der Waals surface area contributed by atoms with E-state index in [4.69, 9.17) is 4.52 Å². The van der Waals surface area contributed by atoms with Gasteiger partial charge in [0.15, 0.2) is 0 Å². The van der Waals surface area contributed by atoms with Gasteiger partial charge in [-0.1, -0.05) is 53.7 Å². The quantitative estimate of drug-likeness (QED) is 0.799. The van der Waals surface area contributed by atoms with Gasteiger partial charge < -0.3 is 9.84 Å². The van der Waals surface area contributed by atoms with Crippen LogP contribution in [0.15, 0.2) is 65.2 Å². The van der Waals surface area contributed by atoms with Crippen LogP contribution in [-0.4, -0.2) is 11.1 Å². The molecule has 110 valence electrons. The van der Waals surface area contributed by atoms with Crippen molar-refractivity contribution in [3.8, 4) is 11.3 Å². The minimum Gasteiger partial charge on any atom is -0.361 e. The van der Waals surface area contributed by atoms with E-state index in [1.807, 2.05) is 55.5 Å². The lowest BCUT2D eigenvalue weighted by Gasteiger charge is -2.06. The Labute approximate surface area is 128 Å². The lowest BCUT2D eigenvalue weighted by atomic mass is 10.1. The number of aromatic nitrogens is 1. The molecule has 2 aromatic carbocycles. The van der Waals surface area contributed by atoms with Crippen molar-refractivity contribution in [3.05, 3.63) is 77.6 Å². The summed E-state index contributed by atoms with van der Waals surface area (Å²) in [6.07, 6.45) is 0. The van der Waals surface area contributed by atoms with E-state index in [1.54, 1.807) is 12.1 Å². The van der Waals surface area contributed by atoms with Crippen LogP contribution in [0.3, 0.4) is 0 Å². The standard InChI is InChI=1S/C18H16N2O2/c1-13-16(12-19-18(21)15-10-6-3-7-11-15)17(20-22-13)14-8-4-2-5-9-14/h2-11H,12H2,1H3,(H,19,21). The number of nitrogens with one attached hydrogen (secondary N) is 1. The molecule has 0 saturated carbocycles. The number of aryl methyl sites for hydroxylation is 1. The molecule has 1 N–H and O–H groups in total. The highest BCUT2D eigenvalue weighted by Crippen LogP contribution is 2.24. The number of benzene rings is 2. The zero-order valence-electron chi connectivity index (χ0n) is 12.2. The molecule has 1 amide bonds. The largest absolute Gasteiger partial charge is 0.361 e. The molecule has 1 aromatic heterocycles. The Morgan fingerprint density at radius 2 is 1.68 bits per heavy atom. The highest BCUT2D eigenvalue weighted by molar-refractivity contribution is 5.94. The topological polar surface area (TPSA) is 55.1 Å². The summed E-state index contributed by atoms with van der Waals surface area (Å²) < 4.78 is 5.29. The first-order valence-corrected chi connectivity index (χ1v) is 7.09. The molecule has 0 fully saturated rings. The van der Waals surface area contributed by atoms with Gasteiger partial charge in [0.1, 0.15) is 11.5 Å². The summed E-state index contributed by atoms with van der Waals surface area (Å²) >= 11 is 0. The van der Waals surface area contributed by atoms with Crippen LogP contribution in [0.2, 0.25) is 0 Å². The second-order valence-electron chi connectivity index (χ2n) is 4.98. The van der Waals surface area contributed by atoms with E-state index in [1.165, 1.54) is 0 Å². The van der Waals surface area contributed by atoms with E-state index < -0.39 is 0 Å². The molecular formula is C18H16N2O2. The molecule has 0 radical (unpaired) electrons. The van der Waals surface area contributed by atoms with Crippen LogP contribution >= 0.6 is 0 Å². The highest BCUT2D eigenvalue weighted by atomic mass is 16.5. The molecule has 3 rings (SSSR count). The minimum atomic E-state index is -0.111. The van der Waals surface area contributed by atoms with Crippen LogP contribution in [0, 0.1) is 6.92 Å². The van der Waals surface area contributed by atoms with E-state index >= 15 is 0 Å². The van der Waals surface area contributed by atoms with Crippen molar-refractivity contribution < 1.29 is 9.32 Å². The van der Waals surface area contributed by atoms with Gasteiger partial charge in [-0.3, -0.25) is 4.79 Å². The molecule has 0 bridgehead atoms. The maximum atomic E-state index is 12.1. The molecule has 4 nitrogen and oxygen atoms in total. The molecule has 0 saturated heterocycles. The summed E-state index contributed by atoms with van der Waals surface area (Å²) in [4.78, 5) is 12.1. The summed E-state index contributed by atoms with van der Waals surface area (Å²) in [7, 11) is 0. The number of hydrogen-bond donors (Lipinski definition) is 1. The second kappa shape index (κ2) is 6.26. The fourth-order valence-electron chi connectivity index (χ4n) is 2.28. The first-order valence-electron chi connectivity index (χ1n) is 7.09. The van der Waals surface area contributed by atoms with Crippen LogP contribution in [0.25, 0.3) is 11.3 Å². The fraction of sp³-hybridized carbons (Fsp3) is 0.111. The third-order valence-electron chi connectivity index (χ3n) is 3.49. The van der Waals surface area contributed by atoms with Crippen molar-refractivity contribution in [3.63, 3.8) is 0 Å². The van der Waals surface area contributed by atoms with E-state index in [-0.39, 0.29) is 5.91 Å². The predicted molar refractivity (Wildman–Crippen MR) is 84.3 cm³/mol. The fourth-order valence-corrected chi connectivity index (χ4v) is 2.28. The van der Waals surface area contributed by atoms with Crippen LogP contribution in [0.4, 0.5) is 0 Å². The summed E-state index contributed by atoms with van der Waals surface area (Å²) in [5.41, 5.74) is 3.28. The molecule has 0 unspecified atom stereocenters. The SMILES string of the molecule is Cc1onc(-c2ccccc2)c1CNC(=O)c1ccccc1. The highest BCUT2D eigenvalue weighted by Gasteiger charge is 2.15. The van der Waals surface area contributed by atoms with Gasteiger partial charge in [-0.2, -0.15) is 0 Å². The first-order chi connectivity index (χ1) is 10.8. The second-order valence-corrected chi connectivity index (χ2v) is 4.98. The average Bonchev–Trinajstić information content (AvgIpc) is 2.95. The summed E-state index contributed by atoms with van der Waals surface area (Å²) in [5, 5.41) is 7.02. The monoisotopic (exact) mass is 292 g/mol.